The van der Waals surface area contributed by atoms with Crippen LogP contribution in [0.1, 0.15) is 55.4 Å². The van der Waals surface area contributed by atoms with Crippen molar-refractivity contribution in [3.05, 3.63) is 0 Å². The Morgan fingerprint density at radius 3 is 0.600 bits per heavy atom. The smallest absolute Gasteiger partial charge is 0.312 e. The molecule has 0 saturated heterocycles. The zero-order valence-corrected chi connectivity index (χ0v) is 11.3. The summed E-state index contributed by atoms with van der Waals surface area (Å²) in [5.41, 5.74) is 0. The molecule has 0 aliphatic heterocycles. The van der Waals surface area contributed by atoms with Crippen molar-refractivity contribution in [1.82, 2.24) is 10.6 Å². The second-order valence-corrected chi connectivity index (χ2v) is 4.95. The SMILES string of the molecule is CC(C)NC(C)C.CC(C)NC(C)C.[MgH2]. The number of hydrogen-bond acceptors (Lipinski definition) is 2. The molecule has 2 nitrogen and oxygen atoms in total. The highest BCUT2D eigenvalue weighted by atomic mass is 24.3. The molecular weight excluding hydrogens is 196 g/mol. The van der Waals surface area contributed by atoms with Crippen LogP contribution < -0.4 is 10.6 Å². The number of rotatable bonds is 4. The van der Waals surface area contributed by atoms with Gasteiger partial charge in [-0.2, -0.15) is 0 Å². The fourth-order valence-electron chi connectivity index (χ4n) is 1.33. The standard InChI is InChI=1S/2C6H15N.Mg.2H/c2*1-5(2)7-6(3)4;;;/h2*5-7H,1-4H3;;;. The van der Waals surface area contributed by atoms with Crippen LogP contribution in [0, 0.1) is 0 Å². The summed E-state index contributed by atoms with van der Waals surface area (Å²) in [4.78, 5) is 0. The van der Waals surface area contributed by atoms with Gasteiger partial charge in [0, 0.05) is 24.2 Å². The molecule has 3 heteroatoms. The van der Waals surface area contributed by atoms with Gasteiger partial charge in [-0.1, -0.05) is 55.4 Å². The third-order valence-electron chi connectivity index (χ3n) is 1.33. The van der Waals surface area contributed by atoms with Gasteiger partial charge in [0.05, 0.1) is 0 Å². The fraction of sp³-hybridized carbons (Fsp3) is 1.00. The maximum atomic E-state index is 3.31. The van der Waals surface area contributed by atoms with Crippen LogP contribution in [0.2, 0.25) is 0 Å². The van der Waals surface area contributed by atoms with E-state index in [0.29, 0.717) is 24.2 Å². The second-order valence-electron chi connectivity index (χ2n) is 4.95. The van der Waals surface area contributed by atoms with Crippen LogP contribution in [-0.4, -0.2) is 47.2 Å². The van der Waals surface area contributed by atoms with E-state index < -0.39 is 0 Å². The lowest BCUT2D eigenvalue weighted by molar-refractivity contribution is 0.518. The molecule has 0 atom stereocenters. The van der Waals surface area contributed by atoms with Gasteiger partial charge in [-0.25, -0.2) is 0 Å². The van der Waals surface area contributed by atoms with E-state index in [4.69, 9.17) is 0 Å². The van der Waals surface area contributed by atoms with E-state index in [1.54, 1.807) is 0 Å². The molecule has 0 aliphatic rings. The molecule has 0 unspecified atom stereocenters. The lowest BCUT2D eigenvalue weighted by Gasteiger charge is -2.10. The Morgan fingerprint density at radius 2 is 0.600 bits per heavy atom. The fourth-order valence-corrected chi connectivity index (χ4v) is 1.33. The normalized spacial score (nSPS) is 10.4. The van der Waals surface area contributed by atoms with Gasteiger partial charge in [0.15, 0.2) is 0 Å². The van der Waals surface area contributed by atoms with Gasteiger partial charge < -0.3 is 10.6 Å². The predicted molar refractivity (Wildman–Crippen MR) is 75.4 cm³/mol. The Labute approximate surface area is 113 Å². The van der Waals surface area contributed by atoms with Crippen LogP contribution in [0.15, 0.2) is 0 Å². The third-order valence-corrected chi connectivity index (χ3v) is 1.33. The highest BCUT2D eigenvalue weighted by Gasteiger charge is 1.93. The van der Waals surface area contributed by atoms with E-state index in [2.05, 4.69) is 66.0 Å². The molecule has 0 aliphatic carbocycles. The molecule has 0 aromatic rings. The van der Waals surface area contributed by atoms with E-state index in [-0.39, 0.29) is 23.1 Å². The first kappa shape index (κ1) is 21.0. The van der Waals surface area contributed by atoms with Gasteiger partial charge in [0.2, 0.25) is 0 Å². The molecule has 0 radical (unpaired) electrons. The first-order chi connectivity index (χ1) is 6.25. The van der Waals surface area contributed by atoms with Crippen LogP contribution in [0.5, 0.6) is 0 Å². The summed E-state index contributed by atoms with van der Waals surface area (Å²) in [5, 5.41) is 6.61. The molecule has 0 rings (SSSR count). The molecule has 0 saturated carbocycles. The van der Waals surface area contributed by atoms with E-state index >= 15 is 0 Å². The Kier molecular flexibility index (Phi) is 17.9. The lowest BCUT2D eigenvalue weighted by Crippen LogP contribution is -2.29. The van der Waals surface area contributed by atoms with Crippen molar-refractivity contribution in [1.29, 1.82) is 0 Å². The minimum atomic E-state index is 0. The van der Waals surface area contributed by atoms with Crippen molar-refractivity contribution in [2.45, 2.75) is 79.6 Å². The molecule has 0 aromatic heterocycles. The van der Waals surface area contributed by atoms with Gasteiger partial charge in [-0.15, -0.1) is 0 Å². The van der Waals surface area contributed by atoms with Gasteiger partial charge >= 0.3 is 23.1 Å². The Morgan fingerprint density at radius 1 is 0.467 bits per heavy atom. The number of hydrogen-bond donors (Lipinski definition) is 2. The molecule has 15 heavy (non-hydrogen) atoms. The molecule has 0 heterocycles. The van der Waals surface area contributed by atoms with Crippen molar-refractivity contribution < 1.29 is 0 Å². The Balaban J connectivity index is -0.000000180. The maximum absolute atomic E-state index is 3.31. The zero-order valence-electron chi connectivity index (χ0n) is 11.3. The van der Waals surface area contributed by atoms with Gasteiger partial charge in [0.1, 0.15) is 0 Å². The molecular formula is C12H32MgN2. The summed E-state index contributed by atoms with van der Waals surface area (Å²) >= 11 is 0. The number of nitrogens with one attached hydrogen (secondary N) is 2. The van der Waals surface area contributed by atoms with Crippen molar-refractivity contribution >= 4 is 23.1 Å². The van der Waals surface area contributed by atoms with E-state index in [1.165, 1.54) is 0 Å². The highest BCUT2D eigenvalue weighted by molar-refractivity contribution is 5.75. The zero-order chi connectivity index (χ0) is 11.7. The van der Waals surface area contributed by atoms with E-state index in [9.17, 15) is 0 Å². The summed E-state index contributed by atoms with van der Waals surface area (Å²) in [6, 6.07) is 2.50. The monoisotopic (exact) mass is 228 g/mol. The summed E-state index contributed by atoms with van der Waals surface area (Å²) in [6.07, 6.45) is 0. The summed E-state index contributed by atoms with van der Waals surface area (Å²) in [6.45, 7) is 17.2. The Bertz CT molecular complexity index is 86.2. The van der Waals surface area contributed by atoms with Crippen LogP contribution >= 0.6 is 0 Å². The second kappa shape index (κ2) is 12.8. The van der Waals surface area contributed by atoms with Crippen molar-refractivity contribution in [2.24, 2.45) is 0 Å². The van der Waals surface area contributed by atoms with Gasteiger partial charge in [-0.3, -0.25) is 0 Å². The Hall–Kier alpha value is 0.686. The van der Waals surface area contributed by atoms with Crippen molar-refractivity contribution in [3.63, 3.8) is 0 Å². The highest BCUT2D eigenvalue weighted by Crippen LogP contribution is 1.81. The molecule has 0 fully saturated rings. The molecule has 0 spiro atoms. The molecule has 92 valence electrons. The topological polar surface area (TPSA) is 24.1 Å². The lowest BCUT2D eigenvalue weighted by atomic mass is 10.3. The molecule has 0 aromatic carbocycles. The van der Waals surface area contributed by atoms with Gasteiger partial charge in [-0.05, 0) is 0 Å². The molecule has 2 N–H and O–H groups in total. The predicted octanol–water partition coefficient (Wildman–Crippen LogP) is 1.87. The molecule has 0 amide bonds. The minimum absolute atomic E-state index is 0. The van der Waals surface area contributed by atoms with Crippen LogP contribution in [0.25, 0.3) is 0 Å². The first-order valence-corrected chi connectivity index (χ1v) is 5.77. The average Bonchev–Trinajstić information content (AvgIpc) is 1.79. The summed E-state index contributed by atoms with van der Waals surface area (Å²) in [5.74, 6) is 0. The van der Waals surface area contributed by atoms with Crippen molar-refractivity contribution in [2.75, 3.05) is 0 Å². The molecule has 0 bridgehead atoms. The van der Waals surface area contributed by atoms with Crippen LogP contribution in [0.4, 0.5) is 0 Å². The van der Waals surface area contributed by atoms with Crippen molar-refractivity contribution in [3.8, 4) is 0 Å². The van der Waals surface area contributed by atoms with Crippen LogP contribution in [-0.2, 0) is 0 Å². The van der Waals surface area contributed by atoms with E-state index in [1.807, 2.05) is 0 Å². The average molecular weight is 229 g/mol. The maximum Gasteiger partial charge on any atom is 0.316 e. The third kappa shape index (κ3) is 31.3. The quantitative estimate of drug-likeness (QED) is 0.718. The summed E-state index contributed by atoms with van der Waals surface area (Å²) < 4.78 is 0. The first-order valence-electron chi connectivity index (χ1n) is 5.77. The largest absolute Gasteiger partial charge is 0.316 e. The van der Waals surface area contributed by atoms with Gasteiger partial charge in [0.25, 0.3) is 0 Å². The minimum Gasteiger partial charge on any atom is -0.312 e. The van der Waals surface area contributed by atoms with Crippen LogP contribution in [0.3, 0.4) is 0 Å². The summed E-state index contributed by atoms with van der Waals surface area (Å²) in [7, 11) is 0. The van der Waals surface area contributed by atoms with E-state index in [0.717, 1.165) is 0 Å².